The molecule has 26 heavy (non-hydrogen) atoms. The van der Waals surface area contributed by atoms with Crippen molar-refractivity contribution < 1.29 is 14.3 Å². The number of hydrogen-bond donors (Lipinski definition) is 1. The SMILES string of the molecule is CC1CCc2ccccc2N1C(=O)COC(=O)c1n[nH]c2ccccc12. The minimum Gasteiger partial charge on any atom is -0.451 e. The predicted octanol–water partition coefficient (Wildman–Crippen LogP) is 3.09. The third-order valence-corrected chi connectivity index (χ3v) is 4.78. The van der Waals surface area contributed by atoms with E-state index in [-0.39, 0.29) is 24.2 Å². The van der Waals surface area contributed by atoms with Crippen molar-refractivity contribution in [3.05, 3.63) is 59.8 Å². The summed E-state index contributed by atoms with van der Waals surface area (Å²) in [5, 5.41) is 7.49. The van der Waals surface area contributed by atoms with Gasteiger partial charge < -0.3 is 9.64 Å². The fourth-order valence-electron chi connectivity index (χ4n) is 3.45. The van der Waals surface area contributed by atoms with Gasteiger partial charge in [0, 0.05) is 17.1 Å². The zero-order valence-electron chi connectivity index (χ0n) is 14.4. The number of benzene rings is 2. The molecule has 0 saturated heterocycles. The average Bonchev–Trinajstić information content (AvgIpc) is 3.10. The van der Waals surface area contributed by atoms with Crippen molar-refractivity contribution in [2.45, 2.75) is 25.8 Å². The summed E-state index contributed by atoms with van der Waals surface area (Å²) >= 11 is 0. The fourth-order valence-corrected chi connectivity index (χ4v) is 3.45. The lowest BCUT2D eigenvalue weighted by atomic mass is 9.96. The van der Waals surface area contributed by atoms with Gasteiger partial charge in [0.05, 0.1) is 5.52 Å². The first-order chi connectivity index (χ1) is 12.6. The van der Waals surface area contributed by atoms with Crippen LogP contribution in [-0.2, 0) is 16.0 Å². The molecule has 3 aromatic rings. The second-order valence-corrected chi connectivity index (χ2v) is 6.47. The monoisotopic (exact) mass is 349 g/mol. The topological polar surface area (TPSA) is 75.3 Å². The van der Waals surface area contributed by atoms with Crippen LogP contribution >= 0.6 is 0 Å². The molecule has 0 fully saturated rings. The molecule has 1 amide bonds. The molecule has 0 spiro atoms. The summed E-state index contributed by atoms with van der Waals surface area (Å²) < 4.78 is 5.26. The highest BCUT2D eigenvalue weighted by atomic mass is 16.5. The third-order valence-electron chi connectivity index (χ3n) is 4.78. The van der Waals surface area contributed by atoms with Gasteiger partial charge in [0.1, 0.15) is 0 Å². The van der Waals surface area contributed by atoms with Crippen molar-refractivity contribution in [2.75, 3.05) is 11.5 Å². The Hall–Kier alpha value is -3.15. The van der Waals surface area contributed by atoms with Crippen molar-refractivity contribution in [1.82, 2.24) is 10.2 Å². The highest BCUT2D eigenvalue weighted by Gasteiger charge is 2.29. The molecular weight excluding hydrogens is 330 g/mol. The summed E-state index contributed by atoms with van der Waals surface area (Å²) in [5.74, 6) is -0.827. The second-order valence-electron chi connectivity index (χ2n) is 6.47. The lowest BCUT2D eigenvalue weighted by Crippen LogP contribution is -2.44. The second kappa shape index (κ2) is 6.63. The number of amides is 1. The predicted molar refractivity (Wildman–Crippen MR) is 98.1 cm³/mol. The maximum atomic E-state index is 12.7. The highest BCUT2D eigenvalue weighted by molar-refractivity contribution is 6.03. The number of para-hydroxylation sites is 2. The number of rotatable bonds is 3. The van der Waals surface area contributed by atoms with Gasteiger partial charge in [-0.1, -0.05) is 36.4 Å². The van der Waals surface area contributed by atoms with Crippen LogP contribution in [0, 0.1) is 0 Å². The van der Waals surface area contributed by atoms with E-state index in [4.69, 9.17) is 4.74 Å². The molecule has 6 nitrogen and oxygen atoms in total. The Bertz CT molecular complexity index is 979. The Balaban J connectivity index is 1.50. The number of esters is 1. The first-order valence-corrected chi connectivity index (χ1v) is 8.65. The minimum absolute atomic E-state index is 0.0716. The zero-order chi connectivity index (χ0) is 18.1. The van der Waals surface area contributed by atoms with Crippen LogP contribution < -0.4 is 4.90 Å². The van der Waals surface area contributed by atoms with Crippen LogP contribution in [0.2, 0.25) is 0 Å². The maximum Gasteiger partial charge on any atom is 0.359 e. The van der Waals surface area contributed by atoms with E-state index in [1.165, 1.54) is 0 Å². The van der Waals surface area contributed by atoms with Crippen LogP contribution in [0.5, 0.6) is 0 Å². The van der Waals surface area contributed by atoms with E-state index in [2.05, 4.69) is 10.2 Å². The van der Waals surface area contributed by atoms with Crippen molar-refractivity contribution in [1.29, 1.82) is 0 Å². The van der Waals surface area contributed by atoms with Crippen LogP contribution in [-0.4, -0.2) is 34.7 Å². The van der Waals surface area contributed by atoms with Gasteiger partial charge in [-0.05, 0) is 37.5 Å². The summed E-state index contributed by atoms with van der Waals surface area (Å²) in [6.45, 7) is 1.70. The van der Waals surface area contributed by atoms with Crippen LogP contribution in [0.3, 0.4) is 0 Å². The van der Waals surface area contributed by atoms with Crippen LogP contribution in [0.4, 0.5) is 5.69 Å². The number of carbonyl (C=O) groups excluding carboxylic acids is 2. The van der Waals surface area contributed by atoms with E-state index in [0.29, 0.717) is 5.39 Å². The number of carbonyl (C=O) groups is 2. The molecule has 2 heterocycles. The summed E-state index contributed by atoms with van der Waals surface area (Å²) in [6.07, 6.45) is 1.83. The van der Waals surface area contributed by atoms with Gasteiger partial charge in [-0.2, -0.15) is 5.10 Å². The van der Waals surface area contributed by atoms with E-state index in [1.807, 2.05) is 49.4 Å². The van der Waals surface area contributed by atoms with Gasteiger partial charge in [-0.25, -0.2) is 4.79 Å². The lowest BCUT2D eigenvalue weighted by Gasteiger charge is -2.35. The molecule has 0 radical (unpaired) electrons. The first kappa shape index (κ1) is 16.3. The van der Waals surface area contributed by atoms with Gasteiger partial charge in [-0.3, -0.25) is 9.89 Å². The number of nitrogens with one attached hydrogen (secondary N) is 1. The Kier molecular flexibility index (Phi) is 4.16. The summed E-state index contributed by atoms with van der Waals surface area (Å²) in [5.41, 5.74) is 2.99. The molecule has 6 heteroatoms. The number of aromatic amines is 1. The average molecular weight is 349 g/mol. The molecule has 0 aliphatic carbocycles. The number of aryl methyl sites for hydroxylation is 1. The molecule has 1 unspecified atom stereocenters. The zero-order valence-corrected chi connectivity index (χ0v) is 14.4. The number of ether oxygens (including phenoxy) is 1. The van der Waals surface area contributed by atoms with Crippen molar-refractivity contribution in [3.8, 4) is 0 Å². The normalized spacial score (nSPS) is 16.3. The standard InChI is InChI=1S/C20H19N3O3/c1-13-10-11-14-6-2-5-9-17(14)23(13)18(24)12-26-20(25)19-15-7-3-4-8-16(15)21-22-19/h2-9,13H,10-12H2,1H3,(H,21,22). The molecule has 1 aliphatic rings. The molecule has 0 saturated carbocycles. The van der Waals surface area contributed by atoms with E-state index >= 15 is 0 Å². The molecule has 0 bridgehead atoms. The number of H-pyrrole nitrogens is 1. The van der Waals surface area contributed by atoms with E-state index in [1.54, 1.807) is 11.0 Å². The minimum atomic E-state index is -0.603. The highest BCUT2D eigenvalue weighted by Crippen LogP contribution is 2.30. The Morgan fingerprint density at radius 3 is 2.85 bits per heavy atom. The fraction of sp³-hybridized carbons (Fsp3) is 0.250. The molecule has 4 rings (SSSR count). The van der Waals surface area contributed by atoms with Crippen molar-refractivity contribution >= 4 is 28.5 Å². The molecular formula is C20H19N3O3. The Morgan fingerprint density at radius 1 is 1.19 bits per heavy atom. The summed E-state index contributed by atoms with van der Waals surface area (Å²) in [7, 11) is 0. The largest absolute Gasteiger partial charge is 0.451 e. The smallest absolute Gasteiger partial charge is 0.359 e. The van der Waals surface area contributed by atoms with E-state index < -0.39 is 5.97 Å². The molecule has 1 N–H and O–H groups in total. The lowest BCUT2D eigenvalue weighted by molar-refractivity contribution is -0.122. The van der Waals surface area contributed by atoms with E-state index in [0.717, 1.165) is 29.6 Å². The molecule has 2 aromatic carbocycles. The van der Waals surface area contributed by atoms with E-state index in [9.17, 15) is 9.59 Å². The van der Waals surface area contributed by atoms with Gasteiger partial charge in [0.25, 0.3) is 5.91 Å². The van der Waals surface area contributed by atoms with Crippen LogP contribution in [0.15, 0.2) is 48.5 Å². The third kappa shape index (κ3) is 2.83. The molecule has 1 atom stereocenters. The first-order valence-electron chi connectivity index (χ1n) is 8.65. The quantitative estimate of drug-likeness (QED) is 0.737. The number of anilines is 1. The van der Waals surface area contributed by atoms with Crippen LogP contribution in [0.25, 0.3) is 10.9 Å². The summed E-state index contributed by atoms with van der Waals surface area (Å²) in [4.78, 5) is 26.8. The number of nitrogens with zero attached hydrogens (tertiary/aromatic N) is 2. The van der Waals surface area contributed by atoms with Gasteiger partial charge in [0.15, 0.2) is 12.3 Å². The Morgan fingerprint density at radius 2 is 1.96 bits per heavy atom. The van der Waals surface area contributed by atoms with Gasteiger partial charge >= 0.3 is 5.97 Å². The van der Waals surface area contributed by atoms with Gasteiger partial charge in [-0.15, -0.1) is 0 Å². The molecule has 1 aliphatic heterocycles. The number of fused-ring (bicyclic) bond motifs is 2. The summed E-state index contributed by atoms with van der Waals surface area (Å²) in [6, 6.07) is 15.2. The van der Waals surface area contributed by atoms with Crippen molar-refractivity contribution in [3.63, 3.8) is 0 Å². The Labute approximate surface area is 150 Å². The van der Waals surface area contributed by atoms with Crippen LogP contribution in [0.1, 0.15) is 29.4 Å². The molecule has 132 valence electrons. The molecule has 1 aromatic heterocycles. The van der Waals surface area contributed by atoms with Gasteiger partial charge in [0.2, 0.25) is 0 Å². The number of aromatic nitrogens is 2. The maximum absolute atomic E-state index is 12.7. The van der Waals surface area contributed by atoms with Crippen molar-refractivity contribution in [2.24, 2.45) is 0 Å². The number of hydrogen-bond acceptors (Lipinski definition) is 4.